The Morgan fingerprint density at radius 3 is 1.15 bits per heavy atom. The van der Waals surface area contributed by atoms with Crippen molar-refractivity contribution < 1.29 is 0 Å². The summed E-state index contributed by atoms with van der Waals surface area (Å²) in [4.78, 5) is 2.48. The van der Waals surface area contributed by atoms with E-state index in [-0.39, 0.29) is 5.41 Å². The Hall–Kier alpha value is -8.78. The Kier molecular flexibility index (Phi) is 9.44. The van der Waals surface area contributed by atoms with Crippen molar-refractivity contribution in [3.05, 3.63) is 329 Å². The van der Waals surface area contributed by atoms with E-state index in [9.17, 15) is 0 Å². The van der Waals surface area contributed by atoms with Crippen LogP contribution in [0.25, 0.3) is 44.5 Å². The van der Waals surface area contributed by atoms with Crippen molar-refractivity contribution in [2.45, 2.75) is 30.1 Å². The molecule has 0 heterocycles. The van der Waals surface area contributed by atoms with Crippen molar-refractivity contribution in [3.63, 3.8) is 0 Å². The third-order valence-corrected chi connectivity index (χ3v) is 16.4. The molecule has 340 valence electrons. The number of fused-ring (bicyclic) bond motifs is 9. The fourth-order valence-corrected chi connectivity index (χ4v) is 13.4. The Labute approximate surface area is 423 Å². The minimum Gasteiger partial charge on any atom is -0.310 e. The third kappa shape index (κ3) is 5.83. The fourth-order valence-electron chi connectivity index (χ4n) is 13.4. The molecular formula is C71H51N. The Balaban J connectivity index is 1.12. The van der Waals surface area contributed by atoms with Crippen LogP contribution >= 0.6 is 0 Å². The highest BCUT2D eigenvalue weighted by Crippen LogP contribution is 2.66. The van der Waals surface area contributed by atoms with Crippen LogP contribution in [0.4, 0.5) is 17.1 Å². The molecule has 11 aromatic carbocycles. The zero-order valence-corrected chi connectivity index (χ0v) is 40.4. The molecule has 0 saturated carbocycles. The quantitative estimate of drug-likeness (QED) is 0.147. The second-order valence-corrected chi connectivity index (χ2v) is 20.3. The summed E-state index contributed by atoms with van der Waals surface area (Å²) < 4.78 is 0. The first-order valence-electron chi connectivity index (χ1n) is 25.3. The first-order valence-corrected chi connectivity index (χ1v) is 25.3. The molecule has 72 heavy (non-hydrogen) atoms. The van der Waals surface area contributed by atoms with Gasteiger partial charge in [0.15, 0.2) is 0 Å². The molecule has 0 aromatic heterocycles. The molecule has 11 aromatic rings. The van der Waals surface area contributed by atoms with Crippen LogP contribution in [0.2, 0.25) is 0 Å². The highest BCUT2D eigenvalue weighted by atomic mass is 15.1. The predicted octanol–water partition coefficient (Wildman–Crippen LogP) is 17.9. The van der Waals surface area contributed by atoms with E-state index >= 15 is 0 Å². The summed E-state index contributed by atoms with van der Waals surface area (Å²) in [6, 6.07) is 103. The van der Waals surface area contributed by atoms with Crippen molar-refractivity contribution in [2.24, 2.45) is 0 Å². The smallest absolute Gasteiger partial charge is 0.0714 e. The van der Waals surface area contributed by atoms with Gasteiger partial charge in [-0.3, -0.25) is 0 Å². The number of hydrogen-bond acceptors (Lipinski definition) is 1. The van der Waals surface area contributed by atoms with Crippen LogP contribution < -0.4 is 4.90 Å². The summed E-state index contributed by atoms with van der Waals surface area (Å²) in [5.41, 5.74) is 24.9. The van der Waals surface area contributed by atoms with Gasteiger partial charge in [0, 0.05) is 22.5 Å². The molecule has 0 amide bonds. The molecule has 0 bridgehead atoms. The summed E-state index contributed by atoms with van der Waals surface area (Å²) in [6.07, 6.45) is 0. The average molecular weight is 918 g/mol. The molecule has 3 aliphatic rings. The van der Waals surface area contributed by atoms with Crippen LogP contribution in [0.3, 0.4) is 0 Å². The summed E-state index contributed by atoms with van der Waals surface area (Å²) in [6.45, 7) is 4.75. The van der Waals surface area contributed by atoms with Gasteiger partial charge in [-0.1, -0.05) is 250 Å². The predicted molar refractivity (Wildman–Crippen MR) is 299 cm³/mol. The lowest BCUT2D eigenvalue weighted by molar-refractivity contribution is 0.660. The zero-order valence-electron chi connectivity index (χ0n) is 40.4. The summed E-state index contributed by atoms with van der Waals surface area (Å²) in [7, 11) is 0. The number of para-hydroxylation sites is 1. The highest BCUT2D eigenvalue weighted by Gasteiger charge is 2.53. The lowest BCUT2D eigenvalue weighted by Gasteiger charge is -2.37. The SMILES string of the molecule is CC1(C)c2ccccc2-c2ccc(N(c3ccccc3)c3ccc4c(c3)C(c3ccccc3)(c3ccccc3)c3cc5c(c(-c6ccccc6)c3-4)-c3ccccc3C5(c3ccccc3)c3ccccc3)cc21. The molecule has 0 unspecified atom stereocenters. The summed E-state index contributed by atoms with van der Waals surface area (Å²) in [5, 5.41) is 0. The van der Waals surface area contributed by atoms with Crippen molar-refractivity contribution in [2.75, 3.05) is 4.90 Å². The fraction of sp³-hybridized carbons (Fsp3) is 0.0704. The van der Waals surface area contributed by atoms with Crippen LogP contribution in [0.15, 0.2) is 273 Å². The molecule has 3 aliphatic carbocycles. The number of hydrogen-bond donors (Lipinski definition) is 0. The van der Waals surface area contributed by atoms with Gasteiger partial charge in [-0.25, -0.2) is 0 Å². The summed E-state index contributed by atoms with van der Waals surface area (Å²) in [5.74, 6) is 0. The monoisotopic (exact) mass is 917 g/mol. The number of rotatable bonds is 8. The maximum Gasteiger partial charge on any atom is 0.0714 e. The molecular weight excluding hydrogens is 867 g/mol. The molecule has 0 atom stereocenters. The van der Waals surface area contributed by atoms with E-state index < -0.39 is 10.8 Å². The van der Waals surface area contributed by atoms with E-state index in [1.807, 2.05) is 0 Å². The third-order valence-electron chi connectivity index (χ3n) is 16.4. The van der Waals surface area contributed by atoms with E-state index in [1.54, 1.807) is 0 Å². The van der Waals surface area contributed by atoms with E-state index in [1.165, 1.54) is 100 Å². The van der Waals surface area contributed by atoms with Crippen molar-refractivity contribution in [1.82, 2.24) is 0 Å². The Morgan fingerprint density at radius 2 is 0.625 bits per heavy atom. The first-order chi connectivity index (χ1) is 35.5. The lowest BCUT2D eigenvalue weighted by Crippen LogP contribution is -2.31. The van der Waals surface area contributed by atoms with Crippen LogP contribution in [-0.4, -0.2) is 0 Å². The van der Waals surface area contributed by atoms with Gasteiger partial charge in [0.25, 0.3) is 0 Å². The largest absolute Gasteiger partial charge is 0.310 e. The lowest BCUT2D eigenvalue weighted by atomic mass is 9.64. The van der Waals surface area contributed by atoms with Gasteiger partial charge in [0.1, 0.15) is 0 Å². The molecule has 0 radical (unpaired) electrons. The van der Waals surface area contributed by atoms with Gasteiger partial charge >= 0.3 is 0 Å². The first kappa shape index (κ1) is 42.1. The van der Waals surface area contributed by atoms with Crippen LogP contribution in [-0.2, 0) is 16.2 Å². The van der Waals surface area contributed by atoms with Gasteiger partial charge in [0.05, 0.1) is 10.8 Å². The average Bonchev–Trinajstić information content (AvgIpc) is 4.00. The molecule has 1 nitrogen and oxygen atoms in total. The van der Waals surface area contributed by atoms with E-state index in [0.717, 1.165) is 17.1 Å². The number of benzene rings is 11. The summed E-state index contributed by atoms with van der Waals surface area (Å²) >= 11 is 0. The minimum atomic E-state index is -0.723. The van der Waals surface area contributed by atoms with Gasteiger partial charge in [-0.15, -0.1) is 0 Å². The minimum absolute atomic E-state index is 0.152. The maximum atomic E-state index is 2.64. The number of anilines is 3. The van der Waals surface area contributed by atoms with E-state index in [4.69, 9.17) is 0 Å². The molecule has 0 fully saturated rings. The second kappa shape index (κ2) is 16.1. The van der Waals surface area contributed by atoms with Gasteiger partial charge in [-0.05, 0) is 137 Å². The molecule has 1 heteroatoms. The van der Waals surface area contributed by atoms with Crippen LogP contribution in [0, 0.1) is 0 Å². The number of nitrogens with zero attached hydrogens (tertiary/aromatic N) is 1. The molecule has 0 aliphatic heterocycles. The zero-order chi connectivity index (χ0) is 48.0. The highest BCUT2D eigenvalue weighted by molar-refractivity contribution is 6.07. The van der Waals surface area contributed by atoms with E-state index in [2.05, 4.69) is 292 Å². The molecule has 0 N–H and O–H groups in total. The standard InChI is InChI=1S/C71H51N/c1-69(2)60-39-23-21-37-56(60)57-43-41-54(45-62(57)69)72(53-35-19-8-20-36-53)55-42-44-59-63(46-55)71(51-31-15-6-16-32-51,52-33-17-7-18-34-52)65-47-64-67(66(68(59)65)48-25-9-3-10-26-48)58-38-22-24-40-61(58)70(64,49-27-11-4-12-28-49)50-29-13-5-14-30-50/h3-47H,1-2H3. The molecule has 14 rings (SSSR count). The van der Waals surface area contributed by atoms with Crippen LogP contribution in [0.1, 0.15) is 69.5 Å². The normalized spacial score (nSPS) is 14.6. The van der Waals surface area contributed by atoms with Crippen LogP contribution in [0.5, 0.6) is 0 Å². The van der Waals surface area contributed by atoms with Crippen molar-refractivity contribution >= 4 is 17.1 Å². The maximum absolute atomic E-state index is 2.64. The molecule has 0 spiro atoms. The Morgan fingerprint density at radius 1 is 0.250 bits per heavy atom. The van der Waals surface area contributed by atoms with Crippen molar-refractivity contribution in [3.8, 4) is 44.5 Å². The van der Waals surface area contributed by atoms with Crippen molar-refractivity contribution in [1.29, 1.82) is 0 Å². The topological polar surface area (TPSA) is 3.24 Å². The Bertz CT molecular complexity index is 3780. The molecule has 0 saturated heterocycles. The second-order valence-electron chi connectivity index (χ2n) is 20.3. The van der Waals surface area contributed by atoms with E-state index in [0.29, 0.717) is 0 Å². The van der Waals surface area contributed by atoms with Gasteiger partial charge in [-0.2, -0.15) is 0 Å². The van der Waals surface area contributed by atoms with Gasteiger partial charge in [0.2, 0.25) is 0 Å². The van der Waals surface area contributed by atoms with Gasteiger partial charge < -0.3 is 4.90 Å².